The van der Waals surface area contributed by atoms with E-state index in [1.807, 2.05) is 42.3 Å². The Kier molecular flexibility index (Phi) is 9.89. The molecule has 1 fully saturated rings. The van der Waals surface area contributed by atoms with Gasteiger partial charge in [0.25, 0.3) is 0 Å². The fourth-order valence-electron chi connectivity index (χ4n) is 6.08. The molecule has 216 valence electrons. The summed E-state index contributed by atoms with van der Waals surface area (Å²) < 4.78 is 16.7. The van der Waals surface area contributed by atoms with Crippen molar-refractivity contribution in [2.75, 3.05) is 7.11 Å². The summed E-state index contributed by atoms with van der Waals surface area (Å²) in [5.41, 5.74) is 1.14. The fraction of sp³-hybridized carbons (Fsp3) is 0.581. The Bertz CT molecular complexity index is 1130. The summed E-state index contributed by atoms with van der Waals surface area (Å²) in [6.07, 6.45) is 3.98. The second-order valence-corrected chi connectivity index (χ2v) is 14.2. The second kappa shape index (κ2) is 12.2. The Labute approximate surface area is 234 Å². The highest BCUT2D eigenvalue weighted by atomic mass is 31.2. The molecule has 0 radical (unpaired) electrons. The summed E-state index contributed by atoms with van der Waals surface area (Å²) in [7, 11) is -2.71. The lowest BCUT2D eigenvalue weighted by molar-refractivity contribution is -0.329. The van der Waals surface area contributed by atoms with Crippen LogP contribution < -0.4 is 0 Å². The summed E-state index contributed by atoms with van der Waals surface area (Å²) >= 11 is 0. The lowest BCUT2D eigenvalue weighted by Gasteiger charge is -2.53. The van der Waals surface area contributed by atoms with Crippen LogP contribution >= 0.6 is 7.60 Å². The van der Waals surface area contributed by atoms with Gasteiger partial charge in [-0.1, -0.05) is 61.5 Å². The Balaban J connectivity index is 1.91. The van der Waals surface area contributed by atoms with Crippen LogP contribution in [-0.2, 0) is 25.1 Å². The molecule has 0 aromatic heterocycles. The summed E-state index contributed by atoms with van der Waals surface area (Å²) in [4.78, 5) is 38.7. The van der Waals surface area contributed by atoms with E-state index in [9.17, 15) is 19.1 Å². The predicted molar refractivity (Wildman–Crippen MR) is 154 cm³/mol. The zero-order chi connectivity index (χ0) is 29.1. The molecule has 3 atom stereocenters. The highest BCUT2D eigenvalue weighted by Gasteiger charge is 2.49. The molecule has 0 amide bonds. The van der Waals surface area contributed by atoms with Crippen LogP contribution in [0, 0.1) is 0 Å². The van der Waals surface area contributed by atoms with Gasteiger partial charge in [0.1, 0.15) is 0 Å². The first kappa shape index (κ1) is 31.5. The molecule has 2 aromatic carbocycles. The van der Waals surface area contributed by atoms with Gasteiger partial charge in [0.15, 0.2) is 5.60 Å². The first-order chi connectivity index (χ1) is 18.1. The molecule has 1 heterocycles. The predicted octanol–water partition coefficient (Wildman–Crippen LogP) is 6.94. The molecule has 39 heavy (non-hydrogen) atoms. The van der Waals surface area contributed by atoms with Gasteiger partial charge in [0.05, 0.1) is 13.3 Å². The SMILES string of the molecule is COC(=O)C(C)(CC(CC(C)c1ccc(CP(=O)(O)O)cc1)c1ccccc1)ON1C(C)(C)CCCC1(C)C. The summed E-state index contributed by atoms with van der Waals surface area (Å²) in [5, 5.41) is 2.03. The number of hydroxylamine groups is 2. The van der Waals surface area contributed by atoms with Crippen molar-refractivity contribution in [1.29, 1.82) is 0 Å². The van der Waals surface area contributed by atoms with Crippen molar-refractivity contribution in [3.8, 4) is 0 Å². The molecule has 1 saturated heterocycles. The Morgan fingerprint density at radius 2 is 1.56 bits per heavy atom. The Hall–Kier alpha value is -2.02. The van der Waals surface area contributed by atoms with Crippen molar-refractivity contribution in [1.82, 2.24) is 5.06 Å². The highest BCUT2D eigenvalue weighted by Crippen LogP contribution is 2.44. The van der Waals surface area contributed by atoms with Gasteiger partial charge in [-0.25, -0.2) is 4.79 Å². The zero-order valence-corrected chi connectivity index (χ0v) is 25.4. The Morgan fingerprint density at radius 3 is 2.08 bits per heavy atom. The summed E-state index contributed by atoms with van der Waals surface area (Å²) in [6, 6.07) is 17.6. The van der Waals surface area contributed by atoms with E-state index < -0.39 is 19.2 Å². The fourth-order valence-corrected chi connectivity index (χ4v) is 6.77. The van der Waals surface area contributed by atoms with Crippen LogP contribution in [0.1, 0.15) is 102 Å². The normalized spacial score (nSPS) is 20.5. The number of nitrogens with zero attached hydrogens (tertiary/aromatic N) is 1. The average molecular weight is 560 g/mol. The molecule has 0 bridgehead atoms. The van der Waals surface area contributed by atoms with Crippen LogP contribution in [0.2, 0.25) is 0 Å². The van der Waals surface area contributed by atoms with E-state index in [1.165, 1.54) is 7.11 Å². The van der Waals surface area contributed by atoms with Gasteiger partial charge in [-0.3, -0.25) is 9.40 Å². The maximum atomic E-state index is 13.4. The minimum absolute atomic E-state index is 0.00362. The number of benzene rings is 2. The molecule has 3 rings (SSSR count). The van der Waals surface area contributed by atoms with E-state index in [0.717, 1.165) is 36.8 Å². The first-order valence-electron chi connectivity index (χ1n) is 13.8. The van der Waals surface area contributed by atoms with E-state index in [-0.39, 0.29) is 29.1 Å². The number of esters is 1. The van der Waals surface area contributed by atoms with Crippen LogP contribution in [-0.4, -0.2) is 44.6 Å². The van der Waals surface area contributed by atoms with Gasteiger partial charge < -0.3 is 14.5 Å². The standard InChI is InChI=1S/C31H46NO6P/c1-23(25-16-14-24(15-17-25)22-39(34,35)36)20-27(26-12-9-8-10-13-26)21-31(6,28(33)37-7)38-32-29(2,3)18-11-19-30(32,4)5/h8-10,12-17,23,27H,11,18-22H2,1-7H3,(H2,34,35,36). The van der Waals surface area contributed by atoms with Gasteiger partial charge >= 0.3 is 13.6 Å². The van der Waals surface area contributed by atoms with Crippen LogP contribution in [0.15, 0.2) is 54.6 Å². The third kappa shape index (κ3) is 8.25. The van der Waals surface area contributed by atoms with Crippen LogP contribution in [0.3, 0.4) is 0 Å². The van der Waals surface area contributed by atoms with E-state index >= 15 is 0 Å². The molecule has 2 aromatic rings. The third-order valence-corrected chi connectivity index (χ3v) is 8.85. The molecule has 1 aliphatic heterocycles. The maximum absolute atomic E-state index is 13.4. The molecule has 2 N–H and O–H groups in total. The molecular formula is C31H46NO6P. The number of carbonyl (C=O) groups excluding carboxylic acids is 1. The molecule has 1 aliphatic rings. The molecule has 0 saturated carbocycles. The summed E-state index contributed by atoms with van der Waals surface area (Å²) in [6.45, 7) is 12.6. The van der Waals surface area contributed by atoms with E-state index in [4.69, 9.17) is 9.57 Å². The molecule has 7 nitrogen and oxygen atoms in total. The largest absolute Gasteiger partial charge is 0.467 e. The topological polar surface area (TPSA) is 96.3 Å². The number of rotatable bonds is 11. The van der Waals surface area contributed by atoms with Gasteiger partial charge in [-0.15, -0.1) is 0 Å². The van der Waals surface area contributed by atoms with E-state index in [1.54, 1.807) is 12.1 Å². The van der Waals surface area contributed by atoms with Crippen molar-refractivity contribution < 1.29 is 28.7 Å². The van der Waals surface area contributed by atoms with Gasteiger partial charge in [0, 0.05) is 11.1 Å². The molecule has 0 aliphatic carbocycles. The van der Waals surface area contributed by atoms with E-state index in [0.29, 0.717) is 12.0 Å². The number of ether oxygens (including phenoxy) is 1. The smallest absolute Gasteiger partial charge is 0.340 e. The van der Waals surface area contributed by atoms with Crippen LogP contribution in [0.4, 0.5) is 0 Å². The zero-order valence-electron chi connectivity index (χ0n) is 24.5. The molecule has 3 unspecified atom stereocenters. The van der Waals surface area contributed by atoms with Crippen molar-refractivity contribution in [3.63, 3.8) is 0 Å². The van der Waals surface area contributed by atoms with Crippen LogP contribution in [0.25, 0.3) is 0 Å². The maximum Gasteiger partial charge on any atom is 0.340 e. The van der Waals surface area contributed by atoms with Crippen molar-refractivity contribution in [3.05, 3.63) is 71.3 Å². The minimum atomic E-state index is -4.12. The van der Waals surface area contributed by atoms with Crippen molar-refractivity contribution in [2.24, 2.45) is 0 Å². The highest BCUT2D eigenvalue weighted by molar-refractivity contribution is 7.50. The quantitative estimate of drug-likeness (QED) is 0.227. The average Bonchev–Trinajstić information content (AvgIpc) is 2.85. The number of piperidine rings is 1. The summed E-state index contributed by atoms with van der Waals surface area (Å²) in [5.74, 6) is -0.268. The lowest BCUT2D eigenvalue weighted by atomic mass is 9.79. The number of hydrogen-bond donors (Lipinski definition) is 2. The van der Waals surface area contributed by atoms with E-state index in [2.05, 4.69) is 46.8 Å². The molecule has 8 heteroatoms. The molecule has 0 spiro atoms. The number of carbonyl (C=O) groups is 1. The van der Waals surface area contributed by atoms with Gasteiger partial charge in [0.2, 0.25) is 0 Å². The minimum Gasteiger partial charge on any atom is -0.467 e. The van der Waals surface area contributed by atoms with Gasteiger partial charge in [-0.2, -0.15) is 5.06 Å². The lowest BCUT2D eigenvalue weighted by Crippen LogP contribution is -2.62. The molecular weight excluding hydrogens is 513 g/mol. The van der Waals surface area contributed by atoms with Crippen LogP contribution in [0.5, 0.6) is 0 Å². The number of hydrogen-bond acceptors (Lipinski definition) is 5. The number of methoxy groups -OCH3 is 1. The van der Waals surface area contributed by atoms with Crippen molar-refractivity contribution in [2.45, 2.75) is 108 Å². The first-order valence-corrected chi connectivity index (χ1v) is 15.6. The third-order valence-electron chi connectivity index (χ3n) is 8.07. The Morgan fingerprint density at radius 1 is 1.00 bits per heavy atom. The second-order valence-electron chi connectivity index (χ2n) is 12.6. The van der Waals surface area contributed by atoms with Gasteiger partial charge in [-0.05, 0) is 95.2 Å². The van der Waals surface area contributed by atoms with Crippen molar-refractivity contribution >= 4 is 13.6 Å². The monoisotopic (exact) mass is 559 g/mol.